The van der Waals surface area contributed by atoms with E-state index in [1.807, 2.05) is 0 Å². The summed E-state index contributed by atoms with van der Waals surface area (Å²) in [6, 6.07) is 10.9. The van der Waals surface area contributed by atoms with E-state index in [9.17, 15) is 14.4 Å². The van der Waals surface area contributed by atoms with Crippen LogP contribution in [0.1, 0.15) is 15.9 Å². The summed E-state index contributed by atoms with van der Waals surface area (Å²) >= 11 is 0. The first-order valence-corrected chi connectivity index (χ1v) is 8.08. The van der Waals surface area contributed by atoms with Crippen molar-refractivity contribution in [3.63, 3.8) is 0 Å². The maximum absolute atomic E-state index is 12.3. The van der Waals surface area contributed by atoms with E-state index >= 15 is 0 Å². The number of carboxylic acids is 2. The molecule has 2 aromatic carbocycles. The number of ketones is 1. The van der Waals surface area contributed by atoms with Crippen LogP contribution in [0.25, 0.3) is 6.08 Å². The number of hydrogen-bond acceptors (Lipinski definition) is 6. The van der Waals surface area contributed by atoms with Crippen LogP contribution in [0, 0.1) is 0 Å². The first-order chi connectivity index (χ1) is 13.4. The molecule has 2 rings (SSSR count). The number of allylic oxidation sites excluding steroid dienone is 1. The number of methoxy groups -OCH3 is 1. The summed E-state index contributed by atoms with van der Waals surface area (Å²) in [6.45, 7) is -0.947. The number of carbonyl (C=O) groups is 3. The van der Waals surface area contributed by atoms with Crippen LogP contribution >= 0.6 is 0 Å². The van der Waals surface area contributed by atoms with E-state index in [0.717, 1.165) is 0 Å². The molecule has 0 bridgehead atoms. The second kappa shape index (κ2) is 14.2. The third-order valence-corrected chi connectivity index (χ3v) is 3.47. The molecule has 0 atom stereocenters. The Hall–Kier alpha value is -1.81. The molecule has 0 radical (unpaired) electrons. The van der Waals surface area contributed by atoms with Gasteiger partial charge in [-0.1, -0.05) is 12.1 Å². The molecule has 0 saturated carbocycles. The summed E-state index contributed by atoms with van der Waals surface area (Å²) < 4.78 is 15.3. The summed E-state index contributed by atoms with van der Waals surface area (Å²) in [5, 5.41) is 17.2. The summed E-state index contributed by atoms with van der Waals surface area (Å²) in [7, 11) is 1.43. The molecule has 0 fully saturated rings. The van der Waals surface area contributed by atoms with Gasteiger partial charge in [-0.15, -0.1) is 0 Å². The second-order valence-corrected chi connectivity index (χ2v) is 5.50. The second-order valence-electron chi connectivity index (χ2n) is 5.50. The van der Waals surface area contributed by atoms with Crippen molar-refractivity contribution in [3.05, 3.63) is 59.7 Å². The van der Waals surface area contributed by atoms with Crippen molar-refractivity contribution >= 4 is 82.9 Å². The van der Waals surface area contributed by atoms with Crippen LogP contribution in [0.15, 0.2) is 48.5 Å². The molecule has 0 amide bonds. The van der Waals surface area contributed by atoms with Gasteiger partial charge in [0.2, 0.25) is 0 Å². The van der Waals surface area contributed by atoms with Crippen molar-refractivity contribution in [3.8, 4) is 17.2 Å². The van der Waals surface area contributed by atoms with Crippen LogP contribution in [0.3, 0.4) is 0 Å². The zero-order valence-electron chi connectivity index (χ0n) is 15.0. The molecular weight excluding hydrogens is 414 g/mol. The predicted molar refractivity (Wildman–Crippen MR) is 113 cm³/mol. The van der Waals surface area contributed by atoms with Gasteiger partial charge in [-0.3, -0.25) is 4.79 Å². The van der Waals surface area contributed by atoms with E-state index in [2.05, 4.69) is 0 Å². The minimum atomic E-state index is -1.10. The Morgan fingerprint density at radius 3 is 2.03 bits per heavy atom. The Morgan fingerprint density at radius 2 is 1.47 bits per heavy atom. The Kier molecular flexibility index (Phi) is 13.4. The van der Waals surface area contributed by atoms with Gasteiger partial charge in [0.05, 0.1) is 7.11 Å². The first-order valence-electron chi connectivity index (χ1n) is 8.08. The van der Waals surface area contributed by atoms with Crippen LogP contribution in [0.2, 0.25) is 0 Å². The number of rotatable bonds is 10. The minimum absolute atomic E-state index is 0. The number of aliphatic carboxylic acids is 2. The quantitative estimate of drug-likeness (QED) is 0.326. The number of carboxylic acid groups (broad SMARTS) is 2. The van der Waals surface area contributed by atoms with Crippen molar-refractivity contribution in [1.82, 2.24) is 0 Å². The van der Waals surface area contributed by atoms with Gasteiger partial charge in [0.1, 0.15) is 5.75 Å². The number of carbonyl (C=O) groups excluding carboxylic acids is 1. The molecular formula is C20H20Na2O8. The Labute approximate surface area is 217 Å². The average Bonchev–Trinajstić information content (AvgIpc) is 2.69. The normalized spacial score (nSPS) is 9.77. The molecule has 30 heavy (non-hydrogen) atoms. The molecule has 150 valence electrons. The van der Waals surface area contributed by atoms with Crippen LogP contribution in [0.4, 0.5) is 0 Å². The van der Waals surface area contributed by atoms with Crippen LogP contribution < -0.4 is 14.2 Å². The van der Waals surface area contributed by atoms with Gasteiger partial charge >= 0.3 is 71.1 Å². The van der Waals surface area contributed by atoms with Crippen LogP contribution in [-0.4, -0.2) is 107 Å². The third kappa shape index (κ3) is 9.34. The zero-order valence-corrected chi connectivity index (χ0v) is 15.0. The molecule has 2 N–H and O–H groups in total. The van der Waals surface area contributed by atoms with Crippen LogP contribution in [0.5, 0.6) is 17.2 Å². The van der Waals surface area contributed by atoms with Gasteiger partial charge in [-0.05, 0) is 48.0 Å². The van der Waals surface area contributed by atoms with Crippen molar-refractivity contribution in [2.24, 2.45) is 0 Å². The molecule has 0 unspecified atom stereocenters. The standard InChI is InChI=1S/C20H18O8.2Na.2H/c1-26-18-10-13(3-9-17(18)28-12-20(24)25)2-8-16(21)14-4-6-15(7-5-14)27-11-19(22)23;;;;/h2-10H,11-12H2,1H3,(H,22,23)(H,24,25);;;;. The van der Waals surface area contributed by atoms with E-state index in [-0.39, 0.29) is 70.6 Å². The summed E-state index contributed by atoms with van der Waals surface area (Å²) in [4.78, 5) is 33.3. The molecule has 10 heteroatoms. The number of hydrogen-bond donors (Lipinski definition) is 2. The molecule has 0 aromatic heterocycles. The van der Waals surface area contributed by atoms with Crippen molar-refractivity contribution in [1.29, 1.82) is 0 Å². The molecule has 0 aliphatic rings. The number of benzene rings is 2. The predicted octanol–water partition coefficient (Wildman–Crippen LogP) is 1.22. The summed E-state index contributed by atoms with van der Waals surface area (Å²) in [6.07, 6.45) is 2.96. The molecule has 0 spiro atoms. The summed E-state index contributed by atoms with van der Waals surface area (Å²) in [5.41, 5.74) is 1.07. The van der Waals surface area contributed by atoms with E-state index in [1.54, 1.807) is 24.3 Å². The molecule has 8 nitrogen and oxygen atoms in total. The molecule has 0 aliphatic heterocycles. The number of ether oxygens (including phenoxy) is 3. The Morgan fingerprint density at radius 1 is 0.867 bits per heavy atom. The molecule has 0 heterocycles. The van der Waals surface area contributed by atoms with Gasteiger partial charge in [-0.25, -0.2) is 9.59 Å². The topological polar surface area (TPSA) is 119 Å². The Bertz CT molecular complexity index is 894. The molecule has 2 aromatic rings. The van der Waals surface area contributed by atoms with Gasteiger partial charge in [0, 0.05) is 5.56 Å². The van der Waals surface area contributed by atoms with Gasteiger partial charge in [0.25, 0.3) is 0 Å². The Balaban J connectivity index is 0.00000420. The SMILES string of the molecule is COc1cc(C=CC(=O)c2ccc(OCC(=O)O)cc2)ccc1OCC(=O)O.[NaH].[NaH]. The zero-order chi connectivity index (χ0) is 20.5. The van der Waals surface area contributed by atoms with Gasteiger partial charge in [-0.2, -0.15) is 0 Å². The third-order valence-electron chi connectivity index (χ3n) is 3.47. The van der Waals surface area contributed by atoms with Crippen molar-refractivity contribution in [2.45, 2.75) is 0 Å². The van der Waals surface area contributed by atoms with E-state index in [0.29, 0.717) is 22.6 Å². The van der Waals surface area contributed by atoms with Crippen molar-refractivity contribution in [2.75, 3.05) is 20.3 Å². The maximum atomic E-state index is 12.3. The average molecular weight is 434 g/mol. The fourth-order valence-electron chi connectivity index (χ4n) is 2.18. The van der Waals surface area contributed by atoms with E-state index < -0.39 is 25.2 Å². The first kappa shape index (κ1) is 28.2. The van der Waals surface area contributed by atoms with Crippen molar-refractivity contribution < 1.29 is 38.8 Å². The monoisotopic (exact) mass is 434 g/mol. The van der Waals surface area contributed by atoms with Gasteiger partial charge < -0.3 is 24.4 Å². The fraction of sp³-hybridized carbons (Fsp3) is 0.150. The summed E-state index contributed by atoms with van der Waals surface area (Å²) in [5.74, 6) is -1.46. The molecule has 0 saturated heterocycles. The van der Waals surface area contributed by atoms with E-state index in [4.69, 9.17) is 24.4 Å². The van der Waals surface area contributed by atoms with Gasteiger partial charge in [0.15, 0.2) is 30.5 Å². The molecule has 0 aliphatic carbocycles. The van der Waals surface area contributed by atoms with Crippen LogP contribution in [-0.2, 0) is 9.59 Å². The van der Waals surface area contributed by atoms with E-state index in [1.165, 1.54) is 37.5 Å². The fourth-order valence-corrected chi connectivity index (χ4v) is 2.18.